The monoisotopic (exact) mass is 349 g/mol. The highest BCUT2D eigenvalue weighted by Gasteiger charge is 2.14. The van der Waals surface area contributed by atoms with E-state index in [1.807, 2.05) is 6.20 Å². The van der Waals surface area contributed by atoms with Crippen molar-refractivity contribution in [3.63, 3.8) is 0 Å². The summed E-state index contributed by atoms with van der Waals surface area (Å²) in [5, 5.41) is 6.29. The number of aromatic nitrogens is 4. The van der Waals surface area contributed by atoms with Crippen LogP contribution in [0.25, 0.3) is 5.65 Å². The summed E-state index contributed by atoms with van der Waals surface area (Å²) in [7, 11) is 0. The Hall–Kier alpha value is -2.60. The fraction of sp³-hybridized carbons (Fsp3) is 0.263. The van der Waals surface area contributed by atoms with Gasteiger partial charge < -0.3 is 0 Å². The van der Waals surface area contributed by atoms with Crippen LogP contribution in [0.15, 0.2) is 59.1 Å². The Morgan fingerprint density at radius 2 is 2.24 bits per heavy atom. The maximum Gasteiger partial charge on any atom is 0.162 e. The third-order valence-corrected chi connectivity index (χ3v) is 5.11. The summed E-state index contributed by atoms with van der Waals surface area (Å²) in [6.45, 7) is 2.18. The summed E-state index contributed by atoms with van der Waals surface area (Å²) in [5.74, 6) is 0. The highest BCUT2D eigenvalue weighted by atomic mass is 32.1. The second-order valence-electron chi connectivity index (χ2n) is 6.01. The van der Waals surface area contributed by atoms with Crippen molar-refractivity contribution in [1.29, 1.82) is 0 Å². The largest absolute Gasteiger partial charge is 0.256 e. The van der Waals surface area contributed by atoms with E-state index in [1.54, 1.807) is 28.5 Å². The first-order chi connectivity index (χ1) is 12.3. The van der Waals surface area contributed by atoms with Gasteiger partial charge in [0.05, 0.1) is 16.3 Å². The molecule has 6 heteroatoms. The van der Waals surface area contributed by atoms with Crippen LogP contribution in [0.5, 0.6) is 0 Å². The SMILES string of the molecule is CCCc1c(CC2=CC(c3cccs3)=NC=CC2)ncn2ncnc12. The number of rotatable bonds is 5. The molecule has 0 N–H and O–H groups in total. The minimum atomic E-state index is 0.813. The van der Waals surface area contributed by atoms with E-state index in [0.29, 0.717) is 0 Å². The van der Waals surface area contributed by atoms with Gasteiger partial charge in [0.2, 0.25) is 0 Å². The summed E-state index contributed by atoms with van der Waals surface area (Å²) in [4.78, 5) is 14.9. The first-order valence-corrected chi connectivity index (χ1v) is 9.35. The number of aliphatic imine (C=N–C) groups is 1. The molecule has 4 rings (SSSR count). The number of aryl methyl sites for hydroxylation is 1. The fourth-order valence-electron chi connectivity index (χ4n) is 3.06. The van der Waals surface area contributed by atoms with Crippen molar-refractivity contribution >= 4 is 22.7 Å². The van der Waals surface area contributed by atoms with Gasteiger partial charge in [-0.3, -0.25) is 4.99 Å². The molecule has 25 heavy (non-hydrogen) atoms. The summed E-state index contributed by atoms with van der Waals surface area (Å²) < 4.78 is 1.76. The second-order valence-corrected chi connectivity index (χ2v) is 6.96. The predicted octanol–water partition coefficient (Wildman–Crippen LogP) is 4.01. The van der Waals surface area contributed by atoms with Crippen LogP contribution in [0.2, 0.25) is 0 Å². The van der Waals surface area contributed by atoms with Gasteiger partial charge in [-0.15, -0.1) is 11.3 Å². The van der Waals surface area contributed by atoms with Gasteiger partial charge in [0.1, 0.15) is 12.7 Å². The van der Waals surface area contributed by atoms with E-state index in [2.05, 4.69) is 56.6 Å². The first kappa shape index (κ1) is 15.9. The Bertz CT molecular complexity index is 963. The molecule has 0 unspecified atom stereocenters. The van der Waals surface area contributed by atoms with Gasteiger partial charge in [0, 0.05) is 18.2 Å². The Morgan fingerprint density at radius 1 is 1.28 bits per heavy atom. The lowest BCUT2D eigenvalue weighted by Crippen LogP contribution is -2.06. The molecule has 3 aromatic heterocycles. The second kappa shape index (κ2) is 7.11. The number of nitrogens with zero attached hydrogens (tertiary/aromatic N) is 5. The molecule has 0 saturated heterocycles. The van der Waals surface area contributed by atoms with E-state index in [9.17, 15) is 0 Å². The topological polar surface area (TPSA) is 55.4 Å². The minimum absolute atomic E-state index is 0.813. The number of hydrogen-bond donors (Lipinski definition) is 0. The molecule has 1 aliphatic rings. The van der Waals surface area contributed by atoms with Gasteiger partial charge in [-0.25, -0.2) is 14.5 Å². The zero-order valence-corrected chi connectivity index (χ0v) is 14.9. The molecule has 0 amide bonds. The van der Waals surface area contributed by atoms with Crippen LogP contribution in [0, 0.1) is 0 Å². The lowest BCUT2D eigenvalue weighted by atomic mass is 10.00. The minimum Gasteiger partial charge on any atom is -0.256 e. The first-order valence-electron chi connectivity index (χ1n) is 8.47. The fourth-order valence-corrected chi connectivity index (χ4v) is 3.76. The molecule has 0 fully saturated rings. The quantitative estimate of drug-likeness (QED) is 0.699. The van der Waals surface area contributed by atoms with E-state index in [4.69, 9.17) is 0 Å². The van der Waals surface area contributed by atoms with E-state index in [1.165, 1.54) is 16.0 Å². The maximum atomic E-state index is 4.67. The lowest BCUT2D eigenvalue weighted by Gasteiger charge is -2.10. The molecule has 0 spiro atoms. The van der Waals surface area contributed by atoms with Crippen LogP contribution in [-0.4, -0.2) is 25.3 Å². The van der Waals surface area contributed by atoms with E-state index in [-0.39, 0.29) is 0 Å². The standard InChI is InChI=1S/C19H19N5S/c1-2-5-15-16(22-13-24-19(15)21-12-23-24)10-14-6-3-8-20-17(11-14)18-7-4-9-25-18/h3-4,7-9,11-13H,2,5-6,10H2,1H3. The Kier molecular flexibility index (Phi) is 4.52. The van der Waals surface area contributed by atoms with Crippen LogP contribution in [-0.2, 0) is 12.8 Å². The van der Waals surface area contributed by atoms with Crippen molar-refractivity contribution in [2.45, 2.75) is 32.6 Å². The van der Waals surface area contributed by atoms with Crippen molar-refractivity contribution in [2.75, 3.05) is 0 Å². The highest BCUT2D eigenvalue weighted by molar-refractivity contribution is 7.12. The zero-order valence-electron chi connectivity index (χ0n) is 14.1. The molecule has 5 nitrogen and oxygen atoms in total. The molecule has 0 atom stereocenters. The summed E-state index contributed by atoms with van der Waals surface area (Å²) >= 11 is 1.71. The normalized spacial score (nSPS) is 14.4. The van der Waals surface area contributed by atoms with Gasteiger partial charge in [-0.1, -0.05) is 31.1 Å². The van der Waals surface area contributed by atoms with Crippen LogP contribution < -0.4 is 0 Å². The molecular formula is C19H19N5S. The maximum absolute atomic E-state index is 4.67. The molecule has 1 aliphatic heterocycles. The van der Waals surface area contributed by atoms with Crippen molar-refractivity contribution in [3.8, 4) is 0 Å². The van der Waals surface area contributed by atoms with Crippen molar-refractivity contribution in [1.82, 2.24) is 19.6 Å². The molecule has 126 valence electrons. The highest BCUT2D eigenvalue weighted by Crippen LogP contribution is 2.22. The molecule has 0 aliphatic carbocycles. The van der Waals surface area contributed by atoms with Crippen molar-refractivity contribution in [2.24, 2.45) is 4.99 Å². The van der Waals surface area contributed by atoms with Crippen LogP contribution in [0.4, 0.5) is 0 Å². The van der Waals surface area contributed by atoms with Crippen molar-refractivity contribution < 1.29 is 0 Å². The Morgan fingerprint density at radius 3 is 3.08 bits per heavy atom. The van der Waals surface area contributed by atoms with Crippen LogP contribution >= 0.6 is 11.3 Å². The van der Waals surface area contributed by atoms with Gasteiger partial charge in [0.15, 0.2) is 5.65 Å². The lowest BCUT2D eigenvalue weighted by molar-refractivity contribution is 0.831. The molecule has 0 radical (unpaired) electrons. The zero-order chi connectivity index (χ0) is 17.1. The number of hydrogen-bond acceptors (Lipinski definition) is 5. The smallest absolute Gasteiger partial charge is 0.162 e. The number of fused-ring (bicyclic) bond motifs is 1. The van der Waals surface area contributed by atoms with Gasteiger partial charge in [-0.05, 0) is 30.4 Å². The van der Waals surface area contributed by atoms with Crippen molar-refractivity contribution in [3.05, 3.63) is 70.2 Å². The predicted molar refractivity (Wildman–Crippen MR) is 101 cm³/mol. The molecule has 0 bridgehead atoms. The van der Waals surface area contributed by atoms with Crippen LogP contribution in [0.3, 0.4) is 0 Å². The summed E-state index contributed by atoms with van der Waals surface area (Å²) in [6.07, 6.45) is 13.3. The van der Waals surface area contributed by atoms with Gasteiger partial charge >= 0.3 is 0 Å². The summed E-state index contributed by atoms with van der Waals surface area (Å²) in [5.41, 5.74) is 5.55. The average Bonchev–Trinajstić information content (AvgIpc) is 3.26. The number of thiophene rings is 1. The molecule has 3 aromatic rings. The molecule has 0 saturated carbocycles. The summed E-state index contributed by atoms with van der Waals surface area (Å²) in [6, 6.07) is 4.17. The van der Waals surface area contributed by atoms with E-state index >= 15 is 0 Å². The Balaban J connectivity index is 1.69. The van der Waals surface area contributed by atoms with Gasteiger partial charge in [-0.2, -0.15) is 5.10 Å². The van der Waals surface area contributed by atoms with E-state index < -0.39 is 0 Å². The molecular weight excluding hydrogens is 330 g/mol. The number of allylic oxidation sites excluding steroid dienone is 3. The Labute approximate surface area is 150 Å². The van der Waals surface area contributed by atoms with Crippen LogP contribution in [0.1, 0.15) is 35.9 Å². The molecule has 4 heterocycles. The van der Waals surface area contributed by atoms with Gasteiger partial charge in [0.25, 0.3) is 0 Å². The van der Waals surface area contributed by atoms with E-state index in [0.717, 1.165) is 42.7 Å². The molecule has 0 aromatic carbocycles. The third kappa shape index (κ3) is 3.30. The third-order valence-electron chi connectivity index (χ3n) is 4.22. The average molecular weight is 349 g/mol.